The molecule has 30 heavy (non-hydrogen) atoms. The number of methoxy groups -OCH3 is 1. The lowest BCUT2D eigenvalue weighted by atomic mass is 9.98. The van der Waals surface area contributed by atoms with Crippen molar-refractivity contribution in [3.63, 3.8) is 0 Å². The van der Waals surface area contributed by atoms with E-state index in [4.69, 9.17) is 16.3 Å². The molecule has 1 aliphatic rings. The average Bonchev–Trinajstić information content (AvgIpc) is 2.70. The number of carbonyl (C=O) groups excluding carboxylic acids is 1. The number of halogens is 2. The molecule has 0 unspecified atom stereocenters. The molecule has 1 heterocycles. The van der Waals surface area contributed by atoms with Crippen LogP contribution in [0.3, 0.4) is 0 Å². The highest BCUT2D eigenvalue weighted by Crippen LogP contribution is 2.32. The van der Waals surface area contributed by atoms with Crippen LogP contribution >= 0.6 is 27.5 Å². The van der Waals surface area contributed by atoms with E-state index < -0.39 is 15.9 Å². The topological polar surface area (TPSA) is 75.7 Å². The molecule has 1 aliphatic heterocycles. The number of hydrogen-bond acceptors (Lipinski definition) is 4. The zero-order valence-electron chi connectivity index (χ0n) is 17.0. The highest BCUT2D eigenvalue weighted by atomic mass is 79.9. The summed E-state index contributed by atoms with van der Waals surface area (Å²) < 4.78 is 34.0. The molecule has 0 aliphatic carbocycles. The van der Waals surface area contributed by atoms with Crippen LogP contribution < -0.4 is 10.1 Å². The molecule has 0 spiro atoms. The number of nitrogens with zero attached hydrogens (tertiary/aromatic N) is 1. The van der Waals surface area contributed by atoms with Gasteiger partial charge in [0.15, 0.2) is 0 Å². The van der Waals surface area contributed by atoms with Gasteiger partial charge in [0.05, 0.1) is 13.0 Å². The van der Waals surface area contributed by atoms with Crippen molar-refractivity contribution in [2.45, 2.75) is 31.6 Å². The number of hydrogen-bond donors (Lipinski definition) is 1. The van der Waals surface area contributed by atoms with Crippen molar-refractivity contribution in [1.82, 2.24) is 4.31 Å². The van der Waals surface area contributed by atoms with Crippen molar-refractivity contribution in [1.29, 1.82) is 0 Å². The predicted octanol–water partition coefficient (Wildman–Crippen LogP) is 4.77. The van der Waals surface area contributed by atoms with Crippen molar-refractivity contribution >= 4 is 49.1 Å². The molecular weight excluding hydrogens is 492 g/mol. The van der Waals surface area contributed by atoms with Gasteiger partial charge in [-0.3, -0.25) is 4.79 Å². The maximum atomic E-state index is 13.2. The fourth-order valence-corrected chi connectivity index (χ4v) is 6.33. The monoisotopic (exact) mass is 514 g/mol. The Morgan fingerprint density at radius 1 is 1.23 bits per heavy atom. The van der Waals surface area contributed by atoms with E-state index in [0.717, 1.165) is 21.3 Å². The zero-order valence-corrected chi connectivity index (χ0v) is 20.2. The van der Waals surface area contributed by atoms with Gasteiger partial charge < -0.3 is 10.1 Å². The molecule has 0 bridgehead atoms. The van der Waals surface area contributed by atoms with Crippen LogP contribution in [0.25, 0.3) is 0 Å². The first kappa shape index (κ1) is 23.1. The van der Waals surface area contributed by atoms with Crippen molar-refractivity contribution in [2.75, 3.05) is 25.5 Å². The van der Waals surface area contributed by atoms with Crippen LogP contribution in [0.15, 0.2) is 39.7 Å². The minimum Gasteiger partial charge on any atom is -0.495 e. The molecule has 6 nitrogen and oxygen atoms in total. The fourth-order valence-electron chi connectivity index (χ4n) is 3.70. The number of aryl methyl sites for hydroxylation is 2. The lowest BCUT2D eigenvalue weighted by Crippen LogP contribution is -2.43. The van der Waals surface area contributed by atoms with E-state index in [1.54, 1.807) is 6.07 Å². The van der Waals surface area contributed by atoms with Gasteiger partial charge in [-0.1, -0.05) is 27.5 Å². The van der Waals surface area contributed by atoms with Gasteiger partial charge in [-0.15, -0.1) is 0 Å². The second-order valence-corrected chi connectivity index (χ2v) is 10.7. The van der Waals surface area contributed by atoms with Gasteiger partial charge in [0, 0.05) is 28.3 Å². The molecule has 3 rings (SSSR count). The Hall–Kier alpha value is -1.61. The number of benzene rings is 2. The van der Waals surface area contributed by atoms with Crippen LogP contribution in [-0.2, 0) is 14.8 Å². The third-order valence-electron chi connectivity index (χ3n) is 5.24. The number of ether oxygens (including phenoxy) is 1. The largest absolute Gasteiger partial charge is 0.495 e. The third kappa shape index (κ3) is 4.82. The highest BCUT2D eigenvalue weighted by Gasteiger charge is 2.35. The van der Waals surface area contributed by atoms with E-state index in [0.29, 0.717) is 24.4 Å². The Bertz CT molecular complexity index is 1050. The Labute approximate surface area is 190 Å². The summed E-state index contributed by atoms with van der Waals surface area (Å²) in [6.45, 7) is 4.31. The predicted molar refractivity (Wildman–Crippen MR) is 122 cm³/mol. The van der Waals surface area contributed by atoms with Crippen LogP contribution in [-0.4, -0.2) is 38.8 Å². The summed E-state index contributed by atoms with van der Waals surface area (Å²) in [5, 5.41) is 3.30. The van der Waals surface area contributed by atoms with E-state index in [1.165, 1.54) is 23.5 Å². The van der Waals surface area contributed by atoms with Crippen LogP contribution in [0.5, 0.6) is 5.75 Å². The van der Waals surface area contributed by atoms with E-state index >= 15 is 0 Å². The highest BCUT2D eigenvalue weighted by molar-refractivity contribution is 9.10. The second kappa shape index (κ2) is 9.26. The second-order valence-electron chi connectivity index (χ2n) is 7.40. The van der Waals surface area contributed by atoms with Crippen molar-refractivity contribution in [3.05, 3.63) is 51.0 Å². The maximum absolute atomic E-state index is 13.2. The number of anilines is 1. The minimum absolute atomic E-state index is 0.0122. The van der Waals surface area contributed by atoms with Crippen LogP contribution in [0.4, 0.5) is 5.69 Å². The molecule has 0 saturated carbocycles. The molecule has 1 amide bonds. The lowest BCUT2D eigenvalue weighted by Gasteiger charge is -2.31. The first-order valence-corrected chi connectivity index (χ1v) is 12.2. The Kier molecular flexibility index (Phi) is 7.12. The van der Waals surface area contributed by atoms with E-state index in [1.807, 2.05) is 26.0 Å². The number of nitrogens with one attached hydrogen (secondary N) is 1. The third-order valence-corrected chi connectivity index (χ3v) is 7.82. The van der Waals surface area contributed by atoms with Gasteiger partial charge >= 0.3 is 0 Å². The number of rotatable bonds is 5. The van der Waals surface area contributed by atoms with Gasteiger partial charge in [-0.25, -0.2) is 8.42 Å². The van der Waals surface area contributed by atoms with E-state index in [-0.39, 0.29) is 23.1 Å². The number of piperidine rings is 1. The number of carbonyl (C=O) groups is 1. The molecule has 1 atom stereocenters. The van der Waals surface area contributed by atoms with E-state index in [2.05, 4.69) is 21.2 Å². The van der Waals surface area contributed by atoms with Gasteiger partial charge in [-0.05, 0) is 68.1 Å². The Balaban J connectivity index is 1.82. The smallest absolute Gasteiger partial charge is 0.246 e. The Morgan fingerprint density at radius 3 is 2.53 bits per heavy atom. The normalized spacial score (nSPS) is 17.6. The zero-order chi connectivity index (χ0) is 22.1. The standard InChI is InChI=1S/C21H24BrClN2O4S/c1-13-9-16(22)10-14(2)20(13)24-21(26)15-5-4-8-25(12-15)30(27,28)19-11-17(23)6-7-18(19)29-3/h6-7,9-11,15H,4-5,8,12H2,1-3H3,(H,24,26)/t15-/m0/s1. The van der Waals surface area contributed by atoms with Crippen molar-refractivity contribution in [2.24, 2.45) is 5.92 Å². The minimum atomic E-state index is -3.85. The molecule has 0 aromatic heterocycles. The molecule has 1 saturated heterocycles. The van der Waals surface area contributed by atoms with Crippen molar-refractivity contribution < 1.29 is 17.9 Å². The van der Waals surface area contributed by atoms with Gasteiger partial charge in [0.1, 0.15) is 10.6 Å². The summed E-state index contributed by atoms with van der Waals surface area (Å²) in [4.78, 5) is 13.0. The molecule has 2 aromatic carbocycles. The summed E-state index contributed by atoms with van der Waals surface area (Å²) in [5.41, 5.74) is 2.65. The number of sulfonamides is 1. The molecule has 2 aromatic rings. The molecular formula is C21H24BrClN2O4S. The summed E-state index contributed by atoms with van der Waals surface area (Å²) >= 11 is 9.48. The molecule has 1 fully saturated rings. The first-order chi connectivity index (χ1) is 14.1. The fraction of sp³-hybridized carbons (Fsp3) is 0.381. The summed E-state index contributed by atoms with van der Waals surface area (Å²) in [6, 6.07) is 8.36. The van der Waals surface area contributed by atoms with Crippen LogP contribution in [0, 0.1) is 19.8 Å². The average molecular weight is 516 g/mol. The maximum Gasteiger partial charge on any atom is 0.246 e. The lowest BCUT2D eigenvalue weighted by molar-refractivity contribution is -0.120. The summed E-state index contributed by atoms with van der Waals surface area (Å²) in [7, 11) is -2.44. The number of amides is 1. The molecule has 9 heteroatoms. The quantitative estimate of drug-likeness (QED) is 0.622. The summed E-state index contributed by atoms with van der Waals surface area (Å²) in [6.07, 6.45) is 1.22. The molecule has 1 N–H and O–H groups in total. The van der Waals surface area contributed by atoms with Crippen LogP contribution in [0.2, 0.25) is 5.02 Å². The first-order valence-electron chi connectivity index (χ1n) is 9.54. The van der Waals surface area contributed by atoms with Crippen LogP contribution in [0.1, 0.15) is 24.0 Å². The van der Waals surface area contributed by atoms with E-state index in [9.17, 15) is 13.2 Å². The summed E-state index contributed by atoms with van der Waals surface area (Å²) in [5.74, 6) is -0.394. The van der Waals surface area contributed by atoms with Gasteiger partial charge in [-0.2, -0.15) is 4.31 Å². The van der Waals surface area contributed by atoms with Gasteiger partial charge in [0.2, 0.25) is 15.9 Å². The molecule has 0 radical (unpaired) electrons. The molecule has 162 valence electrons. The Morgan fingerprint density at radius 2 is 1.90 bits per heavy atom. The SMILES string of the molecule is COc1ccc(Cl)cc1S(=O)(=O)N1CCC[C@H](C(=O)Nc2c(C)cc(Br)cc2C)C1. The van der Waals surface area contributed by atoms with Crippen molar-refractivity contribution in [3.8, 4) is 5.75 Å². The van der Waals surface area contributed by atoms with Gasteiger partial charge in [0.25, 0.3) is 0 Å².